The molecule has 1 saturated carbocycles. The van der Waals surface area contributed by atoms with Gasteiger partial charge in [0.25, 0.3) is 0 Å². The fourth-order valence-electron chi connectivity index (χ4n) is 2.72. The summed E-state index contributed by atoms with van der Waals surface area (Å²) in [6, 6.07) is 3.87. The fourth-order valence-corrected chi connectivity index (χ4v) is 3.38. The molecule has 126 valence electrons. The quantitative estimate of drug-likeness (QED) is 0.410. The van der Waals surface area contributed by atoms with Crippen molar-refractivity contribution in [2.24, 2.45) is 11.0 Å². The Morgan fingerprint density at radius 1 is 1.43 bits per heavy atom. The molecule has 1 aliphatic carbocycles. The van der Waals surface area contributed by atoms with Gasteiger partial charge >= 0.3 is 0 Å². The molecule has 1 fully saturated rings. The molecule has 5 nitrogen and oxygen atoms in total. The zero-order valence-electron chi connectivity index (χ0n) is 13.3. The number of halogens is 1. The van der Waals surface area contributed by atoms with Gasteiger partial charge in [-0.05, 0) is 64.6 Å². The second-order valence-corrected chi connectivity index (χ2v) is 7.03. The summed E-state index contributed by atoms with van der Waals surface area (Å²) < 4.78 is 5.66. The molecule has 7 heteroatoms. The van der Waals surface area contributed by atoms with E-state index in [-0.39, 0.29) is 5.75 Å². The number of phenols is 1. The second kappa shape index (κ2) is 8.49. The van der Waals surface area contributed by atoms with Gasteiger partial charge in [-0.3, -0.25) is 5.43 Å². The molecular weight excluding hydrogens is 378 g/mol. The number of aromatic hydroxyl groups is 1. The average molecular weight is 400 g/mol. The lowest BCUT2D eigenvalue weighted by atomic mass is 9.86. The minimum Gasteiger partial charge on any atom is -0.503 e. The highest BCUT2D eigenvalue weighted by atomic mass is 79.9. The second-order valence-electron chi connectivity index (χ2n) is 5.77. The summed E-state index contributed by atoms with van der Waals surface area (Å²) in [4.78, 5) is 0. The molecule has 0 amide bonds. The highest BCUT2D eigenvalue weighted by Crippen LogP contribution is 2.34. The summed E-state index contributed by atoms with van der Waals surface area (Å²) in [6.07, 6.45) is 6.56. The van der Waals surface area contributed by atoms with Crippen LogP contribution in [-0.4, -0.2) is 29.6 Å². The summed E-state index contributed by atoms with van der Waals surface area (Å²) in [5.41, 5.74) is 3.63. The standard InChI is InChI=1S/C16H22BrN3O2S/c1-10-5-3-4-6-13(10)19-16(23)20-18-9-11-7-12(17)15(21)14(8-11)22-2/h7-10,13,21H,3-6H2,1-2H3,(H2,19,20,23)/b18-9+/t10-,13-/m0/s1. The third-order valence-electron chi connectivity index (χ3n) is 4.08. The maximum absolute atomic E-state index is 9.78. The van der Waals surface area contributed by atoms with E-state index in [9.17, 15) is 5.11 Å². The number of hydrogen-bond donors (Lipinski definition) is 3. The van der Waals surface area contributed by atoms with Crippen LogP contribution in [-0.2, 0) is 0 Å². The molecule has 0 aliphatic heterocycles. The van der Waals surface area contributed by atoms with E-state index in [2.05, 4.69) is 38.7 Å². The van der Waals surface area contributed by atoms with Crippen molar-refractivity contribution in [1.29, 1.82) is 0 Å². The molecule has 1 aliphatic rings. The molecule has 0 spiro atoms. The third kappa shape index (κ3) is 5.07. The van der Waals surface area contributed by atoms with Crippen LogP contribution in [0.15, 0.2) is 21.7 Å². The predicted molar refractivity (Wildman–Crippen MR) is 100 cm³/mol. The summed E-state index contributed by atoms with van der Waals surface area (Å²) in [5, 5.41) is 17.8. The van der Waals surface area contributed by atoms with E-state index in [4.69, 9.17) is 17.0 Å². The Morgan fingerprint density at radius 3 is 2.87 bits per heavy atom. The van der Waals surface area contributed by atoms with Crippen molar-refractivity contribution in [3.63, 3.8) is 0 Å². The maximum atomic E-state index is 9.78. The van der Waals surface area contributed by atoms with E-state index in [1.807, 2.05) is 0 Å². The SMILES string of the molecule is COc1cc(/C=N/NC(=S)N[C@H]2CCCC[C@@H]2C)cc(Br)c1O. The number of hydrazone groups is 1. The van der Waals surface area contributed by atoms with Crippen LogP contribution >= 0.6 is 28.1 Å². The topological polar surface area (TPSA) is 65.9 Å². The molecule has 0 unspecified atom stereocenters. The van der Waals surface area contributed by atoms with E-state index in [0.29, 0.717) is 27.3 Å². The van der Waals surface area contributed by atoms with Gasteiger partial charge < -0.3 is 15.2 Å². The summed E-state index contributed by atoms with van der Waals surface area (Å²) in [7, 11) is 1.51. The van der Waals surface area contributed by atoms with E-state index in [1.54, 1.807) is 18.3 Å². The van der Waals surface area contributed by atoms with Crippen molar-refractivity contribution in [2.75, 3.05) is 7.11 Å². The van der Waals surface area contributed by atoms with Gasteiger partial charge in [0, 0.05) is 6.04 Å². The maximum Gasteiger partial charge on any atom is 0.187 e. The monoisotopic (exact) mass is 399 g/mol. The van der Waals surface area contributed by atoms with Gasteiger partial charge in [-0.2, -0.15) is 5.10 Å². The van der Waals surface area contributed by atoms with Crippen molar-refractivity contribution in [3.8, 4) is 11.5 Å². The number of ether oxygens (including phenoxy) is 1. The van der Waals surface area contributed by atoms with Crippen LogP contribution in [0.5, 0.6) is 11.5 Å². The molecule has 0 bridgehead atoms. The molecule has 2 atom stereocenters. The van der Waals surface area contributed by atoms with Crippen molar-refractivity contribution in [3.05, 3.63) is 22.2 Å². The Hall–Kier alpha value is -1.34. The minimum absolute atomic E-state index is 0.0704. The molecule has 2 rings (SSSR count). The van der Waals surface area contributed by atoms with E-state index >= 15 is 0 Å². The summed E-state index contributed by atoms with van der Waals surface area (Å²) in [5.74, 6) is 1.09. The lowest BCUT2D eigenvalue weighted by Crippen LogP contribution is -2.44. The smallest absolute Gasteiger partial charge is 0.187 e. The first-order valence-electron chi connectivity index (χ1n) is 7.67. The molecule has 3 N–H and O–H groups in total. The van der Waals surface area contributed by atoms with Gasteiger partial charge in [-0.15, -0.1) is 0 Å². The van der Waals surface area contributed by atoms with Gasteiger partial charge in [0.2, 0.25) is 0 Å². The first-order valence-corrected chi connectivity index (χ1v) is 8.87. The number of phenolic OH excluding ortho intramolecular Hbond substituents is 1. The molecule has 23 heavy (non-hydrogen) atoms. The normalized spacial score (nSPS) is 21.2. The molecule has 0 heterocycles. The predicted octanol–water partition coefficient (Wildman–Crippen LogP) is 3.54. The highest BCUT2D eigenvalue weighted by Gasteiger charge is 2.21. The van der Waals surface area contributed by atoms with Crippen LogP contribution in [0.25, 0.3) is 0 Å². The van der Waals surface area contributed by atoms with Crippen molar-refractivity contribution >= 4 is 39.5 Å². The van der Waals surface area contributed by atoms with Crippen LogP contribution in [0.4, 0.5) is 0 Å². The minimum atomic E-state index is 0.0704. The van der Waals surface area contributed by atoms with Crippen LogP contribution in [0.3, 0.4) is 0 Å². The lowest BCUT2D eigenvalue weighted by molar-refractivity contribution is 0.308. The zero-order valence-corrected chi connectivity index (χ0v) is 15.7. The van der Waals surface area contributed by atoms with Crippen molar-refractivity contribution in [1.82, 2.24) is 10.7 Å². The zero-order chi connectivity index (χ0) is 16.8. The Kier molecular flexibility index (Phi) is 6.65. The number of methoxy groups -OCH3 is 1. The number of hydrogen-bond acceptors (Lipinski definition) is 4. The molecular formula is C16H22BrN3O2S. The van der Waals surface area contributed by atoms with Crippen LogP contribution < -0.4 is 15.5 Å². The lowest BCUT2D eigenvalue weighted by Gasteiger charge is -2.30. The van der Waals surface area contributed by atoms with Gasteiger partial charge in [-0.25, -0.2) is 0 Å². The number of rotatable bonds is 4. The largest absolute Gasteiger partial charge is 0.503 e. The number of thiocarbonyl (C=S) groups is 1. The number of nitrogens with one attached hydrogen (secondary N) is 2. The Morgan fingerprint density at radius 2 is 2.17 bits per heavy atom. The van der Waals surface area contributed by atoms with Gasteiger partial charge in [-0.1, -0.05) is 19.8 Å². The molecule has 0 aromatic heterocycles. The van der Waals surface area contributed by atoms with Gasteiger partial charge in [0.1, 0.15) is 0 Å². The van der Waals surface area contributed by atoms with E-state index < -0.39 is 0 Å². The van der Waals surface area contributed by atoms with E-state index in [1.165, 1.54) is 26.4 Å². The number of nitrogens with zero attached hydrogens (tertiary/aromatic N) is 1. The first kappa shape index (κ1) is 18.0. The summed E-state index contributed by atoms with van der Waals surface area (Å²) in [6.45, 7) is 2.25. The Bertz CT molecular complexity index is 595. The third-order valence-corrected chi connectivity index (χ3v) is 4.89. The Labute approximate surface area is 150 Å². The van der Waals surface area contributed by atoms with Crippen LogP contribution in [0.1, 0.15) is 38.2 Å². The molecule has 0 radical (unpaired) electrons. The fraction of sp³-hybridized carbons (Fsp3) is 0.500. The molecule has 1 aromatic carbocycles. The Balaban J connectivity index is 1.91. The van der Waals surface area contributed by atoms with Crippen molar-refractivity contribution in [2.45, 2.75) is 38.6 Å². The van der Waals surface area contributed by atoms with Gasteiger partial charge in [0.15, 0.2) is 16.6 Å². The first-order chi connectivity index (χ1) is 11.0. The summed E-state index contributed by atoms with van der Waals surface area (Å²) >= 11 is 8.57. The molecule has 1 aromatic rings. The van der Waals surface area contributed by atoms with Gasteiger partial charge in [0.05, 0.1) is 17.8 Å². The molecule has 0 saturated heterocycles. The van der Waals surface area contributed by atoms with E-state index in [0.717, 1.165) is 12.0 Å². The average Bonchev–Trinajstić information content (AvgIpc) is 2.53. The van der Waals surface area contributed by atoms with Crippen LogP contribution in [0.2, 0.25) is 0 Å². The number of benzene rings is 1. The van der Waals surface area contributed by atoms with Crippen LogP contribution in [0, 0.1) is 5.92 Å². The van der Waals surface area contributed by atoms with Crippen molar-refractivity contribution < 1.29 is 9.84 Å². The highest BCUT2D eigenvalue weighted by molar-refractivity contribution is 9.10.